The molecule has 0 radical (unpaired) electrons. The topological polar surface area (TPSA) is 606 Å². The minimum absolute atomic E-state index is 0.0184. The fraction of sp³-hybridized carbons (Fsp3) is 0.340. The van der Waals surface area contributed by atoms with E-state index in [-0.39, 0.29) is 244 Å². The van der Waals surface area contributed by atoms with Crippen LogP contribution in [0.2, 0.25) is 0 Å². The molecule has 0 bridgehead atoms. The summed E-state index contributed by atoms with van der Waals surface area (Å²) in [7, 11) is -15.1. The van der Waals surface area contributed by atoms with Crippen molar-refractivity contribution in [3.05, 3.63) is 292 Å². The van der Waals surface area contributed by atoms with Gasteiger partial charge in [0, 0.05) is 72.7 Å². The number of nitrogen functional groups attached to an aromatic ring is 4. The number of carbonyl (C=O) groups is 4. The normalized spacial score (nSPS) is 13.6. The maximum atomic E-state index is 14.0. The Balaban J connectivity index is 0.000000177. The van der Waals surface area contributed by atoms with Crippen LogP contribution in [0.15, 0.2) is 197 Å². The van der Waals surface area contributed by atoms with Crippen LogP contribution in [0.25, 0.3) is 44.7 Å². The molecule has 1 aliphatic rings. The van der Waals surface area contributed by atoms with Gasteiger partial charge in [-0.05, 0) is 103 Å². The van der Waals surface area contributed by atoms with E-state index < -0.39 is 75.9 Å². The highest BCUT2D eigenvalue weighted by Crippen LogP contribution is 2.53. The molecule has 0 spiro atoms. The summed E-state index contributed by atoms with van der Waals surface area (Å²) in [5.41, 5.74) is 27.4. The van der Waals surface area contributed by atoms with Gasteiger partial charge in [0.15, 0.2) is 54.9 Å². The number of nitrogens with one attached hydrogen (secondary N) is 4. The Morgan fingerprint density at radius 2 is 0.720 bits per heavy atom. The average Bonchev–Trinajstić information content (AvgIpc) is 1.67. The Morgan fingerprint density at radius 1 is 0.400 bits per heavy atom. The number of aromatic nitrogens is 16. The molecule has 4 unspecified atom stereocenters. The molecular formula is C94H108F4N20O24P4S4. The van der Waals surface area contributed by atoms with E-state index >= 15 is 0 Å². The molecule has 800 valence electrons. The second kappa shape index (κ2) is 57.4. The number of ether oxygens (including phenoxy) is 4. The summed E-state index contributed by atoms with van der Waals surface area (Å²) >= 11 is 4.26. The maximum absolute atomic E-state index is 14.0. The van der Waals surface area contributed by atoms with Crippen LogP contribution in [-0.2, 0) is 136 Å². The zero-order chi connectivity index (χ0) is 107. The predicted octanol–water partition coefficient (Wildman–Crippen LogP) is 14.9. The number of allylic oxidation sites excluding steroid dienone is 1. The van der Waals surface area contributed by atoms with Crippen molar-refractivity contribution in [1.29, 1.82) is 0 Å². The zero-order valence-electron chi connectivity index (χ0n) is 81.2. The first-order valence-electron chi connectivity index (χ1n) is 46.0. The Labute approximate surface area is 870 Å². The highest BCUT2D eigenvalue weighted by molar-refractivity contribution is 8.14. The highest BCUT2D eigenvalue weighted by atomic mass is 32.2. The molecule has 150 heavy (non-hydrogen) atoms. The molecule has 1 aliphatic carbocycles. The molecule has 1 fully saturated rings. The van der Waals surface area contributed by atoms with Gasteiger partial charge in [-0.2, -0.15) is 19.9 Å². The number of nitrogens with two attached hydrogens (primary N) is 4. The van der Waals surface area contributed by atoms with Crippen LogP contribution in [0.1, 0.15) is 85.3 Å². The lowest BCUT2D eigenvalue weighted by Gasteiger charge is -2.23. The number of aromatic amines is 4. The van der Waals surface area contributed by atoms with E-state index in [1.165, 1.54) is 79.9 Å². The molecule has 12 N–H and O–H groups in total. The average molecular weight is 2230 g/mol. The van der Waals surface area contributed by atoms with Gasteiger partial charge in [0.25, 0.3) is 22.2 Å². The number of fused-ring (bicyclic) bond motifs is 4. The Kier molecular flexibility index (Phi) is 44.6. The smallest absolute Gasteiger partial charge is 0.356 e. The number of nitrogens with zero attached hydrogens (tertiary/aromatic N) is 12. The van der Waals surface area contributed by atoms with Gasteiger partial charge in [-0.25, -0.2) is 37.5 Å². The largest absolute Gasteiger partial charge is 0.369 e. The Hall–Kier alpha value is -12.1. The van der Waals surface area contributed by atoms with Crippen LogP contribution < -0.4 is 45.2 Å². The van der Waals surface area contributed by atoms with E-state index in [1.807, 2.05) is 25.1 Å². The third-order valence-corrected chi connectivity index (χ3v) is 31.3. The summed E-state index contributed by atoms with van der Waals surface area (Å²) < 4.78 is 182. The zero-order valence-corrected chi connectivity index (χ0v) is 88.0. The van der Waals surface area contributed by atoms with E-state index in [0.29, 0.717) is 55.9 Å². The molecule has 8 heterocycles. The van der Waals surface area contributed by atoms with Gasteiger partial charge < -0.3 is 96.3 Å². The van der Waals surface area contributed by atoms with Crippen molar-refractivity contribution in [3.63, 3.8) is 0 Å². The third kappa shape index (κ3) is 36.3. The number of H-pyrrole nitrogens is 4. The summed E-state index contributed by atoms with van der Waals surface area (Å²) in [6.45, 7) is 9.30. The quantitative estimate of drug-likeness (QED) is 0.00759. The first-order chi connectivity index (χ1) is 72.0. The van der Waals surface area contributed by atoms with Crippen molar-refractivity contribution >= 4 is 166 Å². The number of rotatable bonds is 53. The predicted molar refractivity (Wildman–Crippen MR) is 560 cm³/mol. The molecule has 56 heteroatoms. The first-order valence-corrected chi connectivity index (χ1v) is 56.9. The lowest BCUT2D eigenvalue weighted by atomic mass is 9.87. The summed E-state index contributed by atoms with van der Waals surface area (Å²) in [4.78, 5) is 138. The fourth-order valence-corrected chi connectivity index (χ4v) is 21.8. The van der Waals surface area contributed by atoms with Crippen LogP contribution in [0, 0.1) is 50.0 Å². The van der Waals surface area contributed by atoms with Crippen molar-refractivity contribution in [1.82, 2.24) is 78.1 Å². The number of anilines is 4. The summed E-state index contributed by atoms with van der Waals surface area (Å²) in [5.74, 6) is -0.668. The van der Waals surface area contributed by atoms with E-state index in [9.17, 15) is 74.2 Å². The Morgan fingerprint density at radius 3 is 1.03 bits per heavy atom. The molecule has 14 aromatic rings. The van der Waals surface area contributed by atoms with E-state index in [0.717, 1.165) is 71.9 Å². The van der Waals surface area contributed by atoms with Gasteiger partial charge in [-0.15, -0.1) is 6.58 Å². The number of benzene rings is 6. The maximum Gasteiger partial charge on any atom is 0.356 e. The van der Waals surface area contributed by atoms with E-state index in [4.69, 9.17) is 78.1 Å². The van der Waals surface area contributed by atoms with Crippen LogP contribution in [-0.4, -0.2) is 200 Å². The monoisotopic (exact) mass is 2230 g/mol. The van der Waals surface area contributed by atoms with Crippen molar-refractivity contribution in [2.45, 2.75) is 99.1 Å². The van der Waals surface area contributed by atoms with Gasteiger partial charge in [0.1, 0.15) is 48.7 Å². The third-order valence-electron chi connectivity index (χ3n) is 21.3. The molecule has 8 aromatic heterocycles. The number of imidazole rings is 4. The standard InChI is InChI=1S/C26H29FN5O6PS.C25H27FN5O6PS.C22H27FN5O6PS.C21H25FN5O6PS/c1-17-3-7-20(8-4-17)25(34)40-12-11-37-39(35,38-14-19-6-5-18(2)21(27)13-19)16-36-10-9-32-15-29-22-23(32)30-26(28)31-24(22)33;1-17-7-8-18(13-20(17)26)14-37-38(34,36-11-12-39-24(33)19-5-3-2-4-6-19)16-35-10-9-31-15-28-21-22(31)29-25(27)30-23(21)32;23-17-6-1-3-15(11-17)12-34-35(31,33-9-10-36-21(30)16-4-2-5-16)14-32-8-7-28-13-25-18-19(28)26-22(24)27-20(18)29;1-2-4-17(28)35-10-9-32-34(30,33-12-15-5-3-6-16(22)11-15)14-31-8-7-27-13-24-18-19(27)25-21(23)26-20(18)29/h3-8,13,15H,9-12,14,16H2,1-2H3,(H3,28,30,31,33);2-8,13,15H,9-12,14,16H2,1H3,(H3,27,29,30,32);1,3,6,11,13,16H,2,4-5,7-10,12,14H2,(H3,24,26,27,29);2-3,5-6,11,13H,1,4,7-10,12,14H2,(H3,23,25,26,29). The summed E-state index contributed by atoms with van der Waals surface area (Å²) in [6.07, 6.45) is 8.82. The molecule has 44 nitrogen and oxygen atoms in total. The van der Waals surface area contributed by atoms with Crippen molar-refractivity contribution in [2.24, 2.45) is 5.92 Å². The SMILES string of the molecule is C=CCC(=O)SCCOP(=O)(COCCn1cnc2c(=O)[nH]c(N)nc21)OCc1cccc(F)c1.Cc1ccc(C(=O)SCCOP(=O)(COCCn2cnc3c(=O)[nH]c(N)nc32)OCc2ccc(C)c(F)c2)cc1.Cc1ccc(COP(=O)(COCCn2cnc3c(=O)[nH]c(N)nc32)OCCSC(=O)c2ccccc2)cc1F.Nc1nc2c(ncn2CCOCP(=O)(OCCSC(=O)C2CCC2)OCc2cccc(F)c2)c(=O)[nH]1. The minimum Gasteiger partial charge on any atom is -0.369 e. The molecule has 0 saturated heterocycles. The second-order valence-electron chi connectivity index (χ2n) is 32.7. The van der Waals surface area contributed by atoms with Gasteiger partial charge in [-0.3, -0.25) is 76.6 Å². The van der Waals surface area contributed by atoms with E-state index in [1.54, 1.807) is 105 Å². The highest BCUT2D eigenvalue weighted by Gasteiger charge is 2.33. The van der Waals surface area contributed by atoms with Gasteiger partial charge in [0.05, 0.1) is 105 Å². The van der Waals surface area contributed by atoms with Crippen LogP contribution in [0.4, 0.5) is 41.4 Å². The molecule has 4 atom stereocenters. The lowest BCUT2D eigenvalue weighted by molar-refractivity contribution is -0.116. The van der Waals surface area contributed by atoms with Gasteiger partial charge in [0.2, 0.25) is 34.0 Å². The minimum atomic E-state index is -3.81. The summed E-state index contributed by atoms with van der Waals surface area (Å²) in [6, 6.07) is 36.6. The van der Waals surface area contributed by atoms with Crippen LogP contribution >= 0.6 is 77.4 Å². The van der Waals surface area contributed by atoms with Gasteiger partial charge >= 0.3 is 30.4 Å². The molecule has 0 amide bonds. The number of thioether (sulfide) groups is 4. The van der Waals surface area contributed by atoms with Gasteiger partial charge in [-0.1, -0.05) is 168 Å². The molecule has 6 aromatic carbocycles. The van der Waals surface area contributed by atoms with Crippen LogP contribution in [0.3, 0.4) is 0 Å². The molecule has 0 aliphatic heterocycles. The van der Waals surface area contributed by atoms with E-state index in [2.05, 4.69) is 66.4 Å². The number of hydrogen-bond acceptors (Lipinski definition) is 40. The fourth-order valence-electron chi connectivity index (χ4n) is 13.4. The van der Waals surface area contributed by atoms with Crippen molar-refractivity contribution in [2.75, 3.05) is 124 Å². The molecular weight excluding hydrogens is 2120 g/mol. The second-order valence-corrected chi connectivity index (χ2v) is 45.1. The lowest BCUT2D eigenvalue weighted by Crippen LogP contribution is -2.20. The number of carbonyl (C=O) groups excluding carboxylic acids is 4. The number of hydrogen-bond donors (Lipinski definition) is 8. The summed E-state index contributed by atoms with van der Waals surface area (Å²) in [5, 5.41) is -0.235. The van der Waals surface area contributed by atoms with Crippen molar-refractivity contribution < 1.29 is 110 Å². The Bertz CT molecular complexity index is 7460. The number of halogens is 4. The first kappa shape index (κ1) is 117. The molecule has 1 saturated carbocycles. The van der Waals surface area contributed by atoms with Crippen molar-refractivity contribution in [3.8, 4) is 0 Å². The van der Waals surface area contributed by atoms with Crippen LogP contribution in [0.5, 0.6) is 0 Å². The number of aryl methyl sites for hydroxylation is 3. The molecule has 15 rings (SSSR count).